The molecule has 1 aliphatic rings. The fourth-order valence-corrected chi connectivity index (χ4v) is 2.71. The first-order valence-corrected chi connectivity index (χ1v) is 8.52. The second-order valence-electron chi connectivity index (χ2n) is 5.49. The Labute approximate surface area is 144 Å². The normalized spacial score (nSPS) is 19.3. The molecule has 6 nitrogen and oxygen atoms in total. The minimum atomic E-state index is -6.14. The van der Waals surface area contributed by atoms with Gasteiger partial charge in [-0.05, 0) is 12.0 Å². The molecule has 1 aromatic rings. The number of hydrogen-bond donors (Lipinski definition) is 1. The van der Waals surface area contributed by atoms with Gasteiger partial charge in [0.05, 0.1) is 5.92 Å². The maximum Gasteiger partial charge on any atom is 0.523 e. The molecule has 26 heavy (non-hydrogen) atoms. The summed E-state index contributed by atoms with van der Waals surface area (Å²) in [6.07, 6.45) is 0.269. The monoisotopic (exact) mass is 401 g/mol. The molecule has 0 saturated carbocycles. The topological polar surface area (TPSA) is 89.5 Å². The summed E-state index contributed by atoms with van der Waals surface area (Å²) < 4.78 is 88.9. The Hall–Kier alpha value is -2.08. The van der Waals surface area contributed by atoms with Crippen LogP contribution in [0.25, 0.3) is 0 Å². The Morgan fingerprint density at radius 3 is 2.15 bits per heavy atom. The summed E-state index contributed by atoms with van der Waals surface area (Å²) in [7, 11) is -6.14. The van der Waals surface area contributed by atoms with Crippen molar-refractivity contribution in [2.75, 3.05) is 6.61 Å². The Morgan fingerprint density at radius 2 is 1.65 bits per heavy atom. The number of nitrogens with one attached hydrogen (secondary N) is 1. The van der Waals surface area contributed by atoms with Crippen LogP contribution in [0.4, 0.5) is 22.0 Å². The predicted octanol–water partition coefficient (Wildman–Crippen LogP) is 2.16. The van der Waals surface area contributed by atoms with Crippen LogP contribution in [0.1, 0.15) is 29.9 Å². The molecule has 2 amide bonds. The van der Waals surface area contributed by atoms with E-state index in [1.807, 2.05) is 0 Å². The van der Waals surface area contributed by atoms with Crippen molar-refractivity contribution in [2.24, 2.45) is 0 Å². The molecule has 0 spiro atoms. The summed E-state index contributed by atoms with van der Waals surface area (Å²) in [6, 6.07) is 4.01. The third kappa shape index (κ3) is 4.36. The minimum absolute atomic E-state index is 0.0808. The molecule has 1 fully saturated rings. The summed E-state index contributed by atoms with van der Waals surface area (Å²) in [5.74, 6) is -5.77. The summed E-state index contributed by atoms with van der Waals surface area (Å²) in [6.45, 7) is -2.02. The lowest BCUT2D eigenvalue weighted by atomic mass is 9.89. The summed E-state index contributed by atoms with van der Waals surface area (Å²) in [5.41, 5.74) is -6.26. The van der Waals surface area contributed by atoms with Gasteiger partial charge in [-0.15, -0.1) is 0 Å². The zero-order chi connectivity index (χ0) is 19.8. The lowest BCUT2D eigenvalue weighted by molar-refractivity contribution is -0.134. The van der Waals surface area contributed by atoms with Crippen LogP contribution in [0.15, 0.2) is 24.3 Å². The minimum Gasteiger partial charge on any atom is -0.296 e. The van der Waals surface area contributed by atoms with Gasteiger partial charge in [0.2, 0.25) is 11.8 Å². The summed E-state index contributed by atoms with van der Waals surface area (Å²) >= 11 is 0. The third-order valence-corrected chi connectivity index (χ3v) is 4.65. The van der Waals surface area contributed by atoms with Crippen molar-refractivity contribution < 1.29 is 44.1 Å². The number of benzene rings is 1. The van der Waals surface area contributed by atoms with Crippen LogP contribution in [-0.4, -0.2) is 32.3 Å². The number of halogens is 5. The number of carbonyl (C=O) groups excluding carboxylic acids is 2. The first-order valence-electron chi connectivity index (χ1n) is 7.11. The number of amides is 2. The highest BCUT2D eigenvalue weighted by atomic mass is 32.2. The molecule has 1 heterocycles. The van der Waals surface area contributed by atoms with Crippen LogP contribution in [-0.2, 0) is 29.8 Å². The lowest BCUT2D eigenvalue weighted by Crippen LogP contribution is -2.39. The van der Waals surface area contributed by atoms with E-state index < -0.39 is 51.5 Å². The highest BCUT2D eigenvalue weighted by Crippen LogP contribution is 2.33. The molecule has 0 bridgehead atoms. The molecule has 0 aliphatic carbocycles. The van der Waals surface area contributed by atoms with Gasteiger partial charge in [0, 0.05) is 12.0 Å². The van der Waals surface area contributed by atoms with Crippen molar-refractivity contribution in [3.63, 3.8) is 0 Å². The predicted molar refractivity (Wildman–Crippen MR) is 76.4 cm³/mol. The number of imide groups is 1. The highest BCUT2D eigenvalue weighted by Gasteiger charge is 2.49. The average molecular weight is 401 g/mol. The van der Waals surface area contributed by atoms with Crippen LogP contribution in [0.3, 0.4) is 0 Å². The van der Waals surface area contributed by atoms with E-state index in [-0.39, 0.29) is 12.8 Å². The van der Waals surface area contributed by atoms with Crippen molar-refractivity contribution in [2.45, 2.75) is 30.2 Å². The molecule has 0 aromatic heterocycles. The van der Waals surface area contributed by atoms with Crippen LogP contribution < -0.4 is 5.32 Å². The number of hydrogen-bond acceptors (Lipinski definition) is 5. The van der Waals surface area contributed by atoms with Crippen molar-refractivity contribution in [3.8, 4) is 0 Å². The first-order chi connectivity index (χ1) is 11.8. The number of piperidine rings is 1. The number of rotatable bonds is 5. The molecule has 1 atom stereocenters. The zero-order valence-corrected chi connectivity index (χ0v) is 13.7. The van der Waals surface area contributed by atoms with E-state index in [0.717, 1.165) is 24.3 Å². The summed E-state index contributed by atoms with van der Waals surface area (Å²) in [4.78, 5) is 22.8. The van der Waals surface area contributed by atoms with E-state index in [1.54, 1.807) is 0 Å². The van der Waals surface area contributed by atoms with Crippen LogP contribution in [0, 0.1) is 0 Å². The fraction of sp³-hybridized carbons (Fsp3) is 0.429. The smallest absolute Gasteiger partial charge is 0.296 e. The standard InChI is InChI=1S/C14H12F5NO5S/c15-13(16,7-25-26(23,24)14(17,18)19)9-3-1-8(2-4-9)10-5-6-11(21)20-12(10)22/h1-4,10H,5-7H2,(H,20,21,22). The van der Waals surface area contributed by atoms with E-state index >= 15 is 0 Å². The van der Waals surface area contributed by atoms with E-state index in [1.165, 1.54) is 0 Å². The summed E-state index contributed by atoms with van der Waals surface area (Å²) in [5, 5.41) is 2.10. The molecule has 1 aliphatic heterocycles. The molecule has 1 N–H and O–H groups in total. The first kappa shape index (κ1) is 20.2. The van der Waals surface area contributed by atoms with E-state index in [0.29, 0.717) is 5.56 Å². The van der Waals surface area contributed by atoms with Crippen LogP contribution in [0.5, 0.6) is 0 Å². The van der Waals surface area contributed by atoms with E-state index in [4.69, 9.17) is 0 Å². The number of alkyl halides is 5. The van der Waals surface area contributed by atoms with E-state index in [9.17, 15) is 40.0 Å². The zero-order valence-electron chi connectivity index (χ0n) is 12.8. The van der Waals surface area contributed by atoms with Gasteiger partial charge in [-0.1, -0.05) is 24.3 Å². The second kappa shape index (κ2) is 6.91. The Balaban J connectivity index is 2.11. The van der Waals surface area contributed by atoms with Gasteiger partial charge in [0.1, 0.15) is 6.61 Å². The van der Waals surface area contributed by atoms with Crippen molar-refractivity contribution in [1.82, 2.24) is 5.32 Å². The largest absolute Gasteiger partial charge is 0.523 e. The molecule has 0 radical (unpaired) electrons. The van der Waals surface area contributed by atoms with Crippen LogP contribution in [0.2, 0.25) is 0 Å². The van der Waals surface area contributed by atoms with E-state index in [2.05, 4.69) is 9.50 Å². The van der Waals surface area contributed by atoms with Gasteiger partial charge in [-0.3, -0.25) is 19.1 Å². The van der Waals surface area contributed by atoms with Gasteiger partial charge in [0.25, 0.3) is 5.92 Å². The molecule has 144 valence electrons. The number of carbonyl (C=O) groups is 2. The second-order valence-corrected chi connectivity index (χ2v) is 7.10. The van der Waals surface area contributed by atoms with Gasteiger partial charge in [0.15, 0.2) is 0 Å². The molecular weight excluding hydrogens is 389 g/mol. The third-order valence-electron chi connectivity index (χ3n) is 3.65. The average Bonchev–Trinajstić information content (AvgIpc) is 2.52. The highest BCUT2D eigenvalue weighted by molar-refractivity contribution is 7.87. The molecule has 12 heteroatoms. The molecule has 1 aromatic carbocycles. The molecule has 1 saturated heterocycles. The van der Waals surface area contributed by atoms with Crippen molar-refractivity contribution >= 4 is 21.9 Å². The Bertz CT molecular complexity index is 804. The lowest BCUT2D eigenvalue weighted by Gasteiger charge is -2.22. The van der Waals surface area contributed by atoms with Gasteiger partial charge in [-0.2, -0.15) is 30.4 Å². The maximum atomic E-state index is 13.9. The molecular formula is C14H12F5NO5S. The van der Waals surface area contributed by atoms with Gasteiger partial charge in [-0.25, -0.2) is 0 Å². The van der Waals surface area contributed by atoms with Crippen LogP contribution >= 0.6 is 0 Å². The Kier molecular flexibility index (Phi) is 5.38. The Morgan fingerprint density at radius 1 is 1.08 bits per heavy atom. The molecule has 1 unspecified atom stereocenters. The maximum absolute atomic E-state index is 13.9. The molecule has 2 rings (SSSR count). The van der Waals surface area contributed by atoms with Crippen molar-refractivity contribution in [3.05, 3.63) is 35.4 Å². The van der Waals surface area contributed by atoms with Gasteiger partial charge < -0.3 is 0 Å². The SMILES string of the molecule is O=C1CCC(c2ccc(C(F)(F)COS(=O)(=O)C(F)(F)F)cc2)C(=O)N1. The van der Waals surface area contributed by atoms with Crippen molar-refractivity contribution in [1.29, 1.82) is 0 Å². The fourth-order valence-electron chi connectivity index (χ4n) is 2.27. The van der Waals surface area contributed by atoms with Gasteiger partial charge >= 0.3 is 15.6 Å². The quantitative estimate of drug-likeness (QED) is 0.354.